The van der Waals surface area contributed by atoms with Crippen LogP contribution in [0.1, 0.15) is 33.7 Å². The highest BCUT2D eigenvalue weighted by Gasteiger charge is 2.23. The van der Waals surface area contributed by atoms with Crippen LogP contribution in [0.4, 0.5) is 0 Å². The lowest BCUT2D eigenvalue weighted by atomic mass is 9.81. The van der Waals surface area contributed by atoms with Gasteiger partial charge in [-0.3, -0.25) is 0 Å². The first-order chi connectivity index (χ1) is 12.2. The van der Waals surface area contributed by atoms with Gasteiger partial charge >= 0.3 is 0 Å². The first-order valence-electron chi connectivity index (χ1n) is 8.48. The Hall–Kier alpha value is -2.74. The highest BCUT2D eigenvalue weighted by Crippen LogP contribution is 2.40. The first kappa shape index (κ1) is 17.1. The first-order valence-corrected chi connectivity index (χ1v) is 8.48. The molecular weight excluding hydrogens is 308 g/mol. The van der Waals surface area contributed by atoms with Crippen LogP contribution in [0.15, 0.2) is 66.7 Å². The van der Waals surface area contributed by atoms with Crippen molar-refractivity contribution >= 4 is 0 Å². The second-order valence-corrected chi connectivity index (χ2v) is 6.25. The number of hydrogen-bond donors (Lipinski definition) is 0. The molecule has 0 aliphatic heterocycles. The van der Waals surface area contributed by atoms with E-state index in [-0.39, 0.29) is 5.92 Å². The Bertz CT molecular complexity index is 822. The molecule has 0 saturated heterocycles. The molecular formula is C23H24O2. The molecule has 0 atom stereocenters. The third-order valence-electron chi connectivity index (χ3n) is 4.75. The SMILES string of the molecule is COc1ccc(C(c2ccccc2C)c2ccccc2C)c(OC)c1. The van der Waals surface area contributed by atoms with Gasteiger partial charge in [-0.2, -0.15) is 0 Å². The van der Waals surface area contributed by atoms with Gasteiger partial charge in [0.15, 0.2) is 0 Å². The van der Waals surface area contributed by atoms with Crippen molar-refractivity contribution in [1.82, 2.24) is 0 Å². The number of ether oxygens (including phenoxy) is 2. The molecule has 0 spiro atoms. The Labute approximate surface area is 150 Å². The number of aryl methyl sites for hydroxylation is 2. The Morgan fingerprint density at radius 3 is 1.68 bits per heavy atom. The zero-order valence-electron chi connectivity index (χ0n) is 15.2. The molecule has 0 aromatic heterocycles. The second kappa shape index (κ2) is 7.43. The van der Waals surface area contributed by atoms with Crippen LogP contribution >= 0.6 is 0 Å². The van der Waals surface area contributed by atoms with Crippen LogP contribution < -0.4 is 9.47 Å². The van der Waals surface area contributed by atoms with E-state index >= 15 is 0 Å². The maximum absolute atomic E-state index is 5.71. The van der Waals surface area contributed by atoms with Gasteiger partial charge in [0.1, 0.15) is 11.5 Å². The van der Waals surface area contributed by atoms with E-state index in [0.29, 0.717) is 0 Å². The summed E-state index contributed by atoms with van der Waals surface area (Å²) in [6, 6.07) is 23.2. The lowest BCUT2D eigenvalue weighted by Crippen LogP contribution is -2.08. The van der Waals surface area contributed by atoms with Crippen molar-refractivity contribution in [2.75, 3.05) is 14.2 Å². The fraction of sp³-hybridized carbons (Fsp3) is 0.217. The summed E-state index contributed by atoms with van der Waals surface area (Å²) in [6.07, 6.45) is 0. The van der Waals surface area contributed by atoms with Gasteiger partial charge in [-0.1, -0.05) is 54.6 Å². The third kappa shape index (κ3) is 3.39. The minimum Gasteiger partial charge on any atom is -0.497 e. The maximum atomic E-state index is 5.71. The van der Waals surface area contributed by atoms with Crippen molar-refractivity contribution in [1.29, 1.82) is 0 Å². The molecule has 3 rings (SSSR count). The van der Waals surface area contributed by atoms with Gasteiger partial charge in [-0.05, 0) is 42.2 Å². The average molecular weight is 332 g/mol. The van der Waals surface area contributed by atoms with E-state index in [1.165, 1.54) is 22.3 Å². The van der Waals surface area contributed by atoms with Gasteiger partial charge in [-0.15, -0.1) is 0 Å². The van der Waals surface area contributed by atoms with Crippen molar-refractivity contribution in [3.63, 3.8) is 0 Å². The molecule has 3 aromatic rings. The summed E-state index contributed by atoms with van der Waals surface area (Å²) in [5.41, 5.74) is 6.27. The molecule has 0 N–H and O–H groups in total. The van der Waals surface area contributed by atoms with Crippen LogP contribution in [0, 0.1) is 13.8 Å². The van der Waals surface area contributed by atoms with E-state index in [2.05, 4.69) is 68.4 Å². The van der Waals surface area contributed by atoms with E-state index in [9.17, 15) is 0 Å². The number of rotatable bonds is 5. The summed E-state index contributed by atoms with van der Waals surface area (Å²) in [7, 11) is 3.39. The Balaban J connectivity index is 2.26. The van der Waals surface area contributed by atoms with Gasteiger partial charge in [0, 0.05) is 17.5 Å². The monoisotopic (exact) mass is 332 g/mol. The number of methoxy groups -OCH3 is 2. The molecule has 0 bridgehead atoms. The lowest BCUT2D eigenvalue weighted by Gasteiger charge is -2.24. The van der Waals surface area contributed by atoms with E-state index < -0.39 is 0 Å². The minimum atomic E-state index is 0.114. The molecule has 0 aliphatic rings. The zero-order chi connectivity index (χ0) is 17.8. The maximum Gasteiger partial charge on any atom is 0.126 e. The third-order valence-corrected chi connectivity index (χ3v) is 4.75. The summed E-state index contributed by atoms with van der Waals surface area (Å²) in [5.74, 6) is 1.76. The molecule has 3 aromatic carbocycles. The molecule has 0 heterocycles. The molecule has 2 heteroatoms. The van der Waals surface area contributed by atoms with Crippen molar-refractivity contribution in [2.45, 2.75) is 19.8 Å². The average Bonchev–Trinajstić information content (AvgIpc) is 2.65. The highest BCUT2D eigenvalue weighted by atomic mass is 16.5. The summed E-state index contributed by atoms with van der Waals surface area (Å²) < 4.78 is 11.1. The smallest absolute Gasteiger partial charge is 0.126 e. The van der Waals surface area contributed by atoms with Crippen molar-refractivity contribution in [3.8, 4) is 11.5 Å². The lowest BCUT2D eigenvalue weighted by molar-refractivity contribution is 0.390. The van der Waals surface area contributed by atoms with Crippen LogP contribution in [0.25, 0.3) is 0 Å². The van der Waals surface area contributed by atoms with Crippen LogP contribution in [0.3, 0.4) is 0 Å². The van der Waals surface area contributed by atoms with Crippen molar-refractivity contribution < 1.29 is 9.47 Å². The van der Waals surface area contributed by atoms with Gasteiger partial charge < -0.3 is 9.47 Å². The largest absolute Gasteiger partial charge is 0.497 e. The van der Waals surface area contributed by atoms with Gasteiger partial charge in [-0.25, -0.2) is 0 Å². The summed E-state index contributed by atoms with van der Waals surface area (Å²) >= 11 is 0. The number of benzene rings is 3. The normalized spacial score (nSPS) is 10.8. The van der Waals surface area contributed by atoms with Gasteiger partial charge in [0.2, 0.25) is 0 Å². The standard InChI is InChI=1S/C23H24O2/c1-16-9-5-7-11-19(16)23(20-12-8-6-10-17(20)2)21-14-13-18(24-3)15-22(21)25-4/h5-15,23H,1-4H3. The van der Waals surface area contributed by atoms with E-state index in [1.54, 1.807) is 14.2 Å². The summed E-state index contributed by atoms with van der Waals surface area (Å²) in [6.45, 7) is 4.33. The van der Waals surface area contributed by atoms with E-state index in [1.807, 2.05) is 12.1 Å². The Morgan fingerprint density at radius 2 is 1.20 bits per heavy atom. The van der Waals surface area contributed by atoms with Crippen LogP contribution in [0.5, 0.6) is 11.5 Å². The fourth-order valence-electron chi connectivity index (χ4n) is 3.38. The van der Waals surface area contributed by atoms with Crippen molar-refractivity contribution in [3.05, 3.63) is 94.5 Å². The molecule has 2 nitrogen and oxygen atoms in total. The molecule has 0 aliphatic carbocycles. The van der Waals surface area contributed by atoms with E-state index in [4.69, 9.17) is 9.47 Å². The quantitative estimate of drug-likeness (QED) is 0.574. The molecule has 25 heavy (non-hydrogen) atoms. The predicted molar refractivity (Wildman–Crippen MR) is 103 cm³/mol. The van der Waals surface area contributed by atoms with Crippen molar-refractivity contribution in [2.24, 2.45) is 0 Å². The molecule has 0 saturated carbocycles. The number of hydrogen-bond acceptors (Lipinski definition) is 2. The molecule has 128 valence electrons. The van der Waals surface area contributed by atoms with E-state index in [0.717, 1.165) is 17.1 Å². The minimum absolute atomic E-state index is 0.114. The molecule has 0 fully saturated rings. The van der Waals surface area contributed by atoms with Crippen LogP contribution in [-0.2, 0) is 0 Å². The summed E-state index contributed by atoms with van der Waals surface area (Å²) in [5, 5.41) is 0. The Morgan fingerprint density at radius 1 is 0.640 bits per heavy atom. The van der Waals surface area contributed by atoms with Crippen LogP contribution in [-0.4, -0.2) is 14.2 Å². The summed E-state index contributed by atoms with van der Waals surface area (Å²) in [4.78, 5) is 0. The topological polar surface area (TPSA) is 18.5 Å². The highest BCUT2D eigenvalue weighted by molar-refractivity contribution is 5.54. The molecule has 0 radical (unpaired) electrons. The Kier molecular flexibility index (Phi) is 5.08. The van der Waals surface area contributed by atoms with Gasteiger partial charge in [0.05, 0.1) is 14.2 Å². The van der Waals surface area contributed by atoms with Crippen LogP contribution in [0.2, 0.25) is 0 Å². The van der Waals surface area contributed by atoms with Gasteiger partial charge in [0.25, 0.3) is 0 Å². The second-order valence-electron chi connectivity index (χ2n) is 6.25. The molecule has 0 amide bonds. The predicted octanol–water partition coefficient (Wildman–Crippen LogP) is 5.50. The fourth-order valence-corrected chi connectivity index (χ4v) is 3.38. The zero-order valence-corrected chi connectivity index (χ0v) is 15.2. The molecule has 0 unspecified atom stereocenters.